The Labute approximate surface area is 251 Å². The van der Waals surface area contributed by atoms with Crippen molar-refractivity contribution < 1.29 is 13.7 Å². The Morgan fingerprint density at radius 3 is 2.63 bits per heavy atom. The van der Waals surface area contributed by atoms with Gasteiger partial charge in [-0.05, 0) is 116 Å². The zero-order valence-corrected chi connectivity index (χ0v) is 26.4. The van der Waals surface area contributed by atoms with Gasteiger partial charge in [0.2, 0.25) is 0 Å². The van der Waals surface area contributed by atoms with Crippen LogP contribution in [-0.2, 0) is 21.5 Å². The van der Waals surface area contributed by atoms with E-state index >= 15 is 0 Å². The molecule has 1 saturated carbocycles. The van der Waals surface area contributed by atoms with E-state index in [4.69, 9.17) is 16.3 Å². The highest BCUT2D eigenvalue weighted by atomic mass is 35.5. The number of anilines is 1. The van der Waals surface area contributed by atoms with Crippen LogP contribution in [0.1, 0.15) is 87.2 Å². The van der Waals surface area contributed by atoms with Crippen LogP contribution < -0.4 is 14.4 Å². The molecular formula is C34H45ClN2O3S. The fourth-order valence-electron chi connectivity index (χ4n) is 8.00. The molecule has 2 aromatic carbocycles. The van der Waals surface area contributed by atoms with Crippen molar-refractivity contribution in [1.82, 2.24) is 4.72 Å². The molecule has 6 rings (SSSR count). The number of rotatable bonds is 0. The molecule has 1 unspecified atom stereocenters. The van der Waals surface area contributed by atoms with E-state index < -0.39 is 9.71 Å². The molecule has 1 amide bonds. The summed E-state index contributed by atoms with van der Waals surface area (Å²) < 4.78 is 23.1. The summed E-state index contributed by atoms with van der Waals surface area (Å²) >= 11 is 6.42. The largest absolute Gasteiger partial charge is 0.490 e. The number of benzene rings is 2. The number of fused-ring (bicyclic) bond motifs is 4. The van der Waals surface area contributed by atoms with E-state index in [2.05, 4.69) is 41.5 Å². The molecular weight excluding hydrogens is 552 g/mol. The molecule has 1 fully saturated rings. The first-order valence-corrected chi connectivity index (χ1v) is 17.7. The van der Waals surface area contributed by atoms with Gasteiger partial charge in [0.1, 0.15) is 5.75 Å². The zero-order valence-electron chi connectivity index (χ0n) is 24.8. The van der Waals surface area contributed by atoms with Crippen molar-refractivity contribution in [2.24, 2.45) is 23.7 Å². The first kappa shape index (κ1) is 28.9. The fourth-order valence-corrected chi connectivity index (χ4v) is 9.70. The van der Waals surface area contributed by atoms with Gasteiger partial charge in [0, 0.05) is 34.3 Å². The second-order valence-electron chi connectivity index (χ2n) is 13.5. The van der Waals surface area contributed by atoms with E-state index in [1.54, 1.807) is 6.07 Å². The Hall–Kier alpha value is -2.18. The Balaban J connectivity index is 1.41. The molecule has 0 saturated heterocycles. The summed E-state index contributed by atoms with van der Waals surface area (Å²) in [4.78, 5) is 16.0. The molecule has 2 heterocycles. The molecule has 2 aliphatic carbocycles. The van der Waals surface area contributed by atoms with Crippen molar-refractivity contribution in [2.45, 2.75) is 82.8 Å². The highest BCUT2D eigenvalue weighted by molar-refractivity contribution is 7.99. The Bertz CT molecular complexity index is 1430. The van der Waals surface area contributed by atoms with E-state index in [-0.39, 0.29) is 22.5 Å². The van der Waals surface area contributed by atoms with E-state index in [0.717, 1.165) is 61.7 Å². The number of hydrogen-bond acceptors (Lipinski definition) is 4. The minimum absolute atomic E-state index is 0.140. The van der Waals surface area contributed by atoms with Crippen molar-refractivity contribution in [3.63, 3.8) is 0 Å². The summed E-state index contributed by atoms with van der Waals surface area (Å²) in [6, 6.07) is 12.1. The molecule has 7 heteroatoms. The molecule has 5 nitrogen and oxygen atoms in total. The number of ether oxygens (including phenoxy) is 1. The van der Waals surface area contributed by atoms with Crippen LogP contribution in [0.5, 0.6) is 5.75 Å². The maximum Gasteiger partial charge on any atom is 0.262 e. The van der Waals surface area contributed by atoms with Crippen molar-refractivity contribution >= 4 is 38.8 Å². The lowest BCUT2D eigenvalue weighted by molar-refractivity contribution is 0.0982. The highest BCUT2D eigenvalue weighted by Gasteiger charge is 2.44. The standard InChI is InChI=1S/C34H45ClN2O3S/c1-22-7-5-8-23(2)29-13-10-27(29)19-37-20-34(16-6-9-25-17-28(35)12-14-30(25)34)21-40-32-15-11-26(18-31(32)37)33(38)36-41(4,39)24(22)3/h11-12,14-15,17-18,22-24,27,29H,4-10,13,16,19-21H2,1-3H3,(H,36,38,39)/t22-,23+,24+,27-,29-,34-,41?/m0/s1. The molecule has 41 heavy (non-hydrogen) atoms. The number of aryl methyl sites for hydroxylation is 1. The zero-order chi connectivity index (χ0) is 28.9. The van der Waals surface area contributed by atoms with Gasteiger partial charge in [-0.15, -0.1) is 0 Å². The third kappa shape index (κ3) is 5.51. The minimum Gasteiger partial charge on any atom is -0.490 e. The summed E-state index contributed by atoms with van der Waals surface area (Å²) in [5.74, 6) is 6.72. The van der Waals surface area contributed by atoms with Crippen LogP contribution in [-0.4, -0.2) is 40.9 Å². The summed E-state index contributed by atoms with van der Waals surface area (Å²) in [6.45, 7) is 8.95. The van der Waals surface area contributed by atoms with E-state index in [1.165, 1.54) is 30.4 Å². The van der Waals surface area contributed by atoms with Gasteiger partial charge in [0.15, 0.2) is 0 Å². The topological polar surface area (TPSA) is 58.6 Å². The molecule has 2 bridgehead atoms. The summed E-state index contributed by atoms with van der Waals surface area (Å²) in [5, 5.41) is 0.586. The van der Waals surface area contributed by atoms with Gasteiger partial charge in [-0.1, -0.05) is 44.4 Å². The van der Waals surface area contributed by atoms with Gasteiger partial charge in [0.25, 0.3) is 5.91 Å². The number of halogens is 1. The molecule has 7 atom stereocenters. The number of carbonyl (C=O) groups excluding carboxylic acids is 1. The number of carbonyl (C=O) groups is 1. The number of hydrogen-bond donors (Lipinski definition) is 1. The average Bonchev–Trinajstić information content (AvgIpc) is 3.06. The number of amides is 1. The van der Waals surface area contributed by atoms with E-state index in [9.17, 15) is 9.00 Å². The monoisotopic (exact) mass is 596 g/mol. The van der Waals surface area contributed by atoms with Crippen LogP contribution in [0, 0.1) is 23.7 Å². The van der Waals surface area contributed by atoms with Crippen LogP contribution >= 0.6 is 11.6 Å². The first-order valence-electron chi connectivity index (χ1n) is 15.6. The number of nitrogens with one attached hydrogen (secondary N) is 1. The maximum absolute atomic E-state index is 13.6. The second kappa shape index (κ2) is 11.1. The van der Waals surface area contributed by atoms with E-state index in [0.29, 0.717) is 29.9 Å². The minimum atomic E-state index is -2.81. The Morgan fingerprint density at radius 1 is 1.05 bits per heavy atom. The second-order valence-corrected chi connectivity index (χ2v) is 16.4. The lowest BCUT2D eigenvalue weighted by atomic mass is 9.65. The van der Waals surface area contributed by atoms with Gasteiger partial charge in [0.05, 0.1) is 22.0 Å². The molecule has 222 valence electrons. The van der Waals surface area contributed by atoms with Gasteiger partial charge in [-0.3, -0.25) is 9.52 Å². The van der Waals surface area contributed by atoms with Crippen LogP contribution in [0.3, 0.4) is 0 Å². The van der Waals surface area contributed by atoms with Crippen molar-refractivity contribution in [1.29, 1.82) is 0 Å². The molecule has 2 aliphatic heterocycles. The summed E-state index contributed by atoms with van der Waals surface area (Å²) in [5.41, 5.74) is 4.02. The predicted octanol–water partition coefficient (Wildman–Crippen LogP) is 7.05. The third-order valence-corrected chi connectivity index (χ3v) is 13.4. The summed E-state index contributed by atoms with van der Waals surface area (Å²) in [7, 11) is -2.81. The quantitative estimate of drug-likeness (QED) is 0.331. The SMILES string of the molecule is C=S1(=O)NC(=O)c2ccc3c(c2)N(C[C@@H]2CC[C@H]2[C@H](C)CCC[C@H](C)[C@H]1C)C[C@@]1(CCCc2cc(Cl)ccc21)CO3. The Kier molecular flexibility index (Phi) is 7.86. The van der Waals surface area contributed by atoms with Gasteiger partial charge >= 0.3 is 0 Å². The molecule has 2 aromatic rings. The molecule has 0 aromatic heterocycles. The Morgan fingerprint density at radius 2 is 1.85 bits per heavy atom. The van der Waals surface area contributed by atoms with Crippen LogP contribution in [0.4, 0.5) is 5.69 Å². The molecule has 1 N–H and O–H groups in total. The van der Waals surface area contributed by atoms with Crippen molar-refractivity contribution in [3.05, 3.63) is 58.1 Å². The highest BCUT2D eigenvalue weighted by Crippen LogP contribution is 2.47. The molecule has 1 spiro atoms. The number of nitrogens with zero attached hydrogens (tertiary/aromatic N) is 1. The molecule has 4 aliphatic rings. The maximum atomic E-state index is 13.6. The van der Waals surface area contributed by atoms with Gasteiger partial charge in [-0.2, -0.15) is 0 Å². The van der Waals surface area contributed by atoms with Crippen LogP contribution in [0.25, 0.3) is 0 Å². The predicted molar refractivity (Wildman–Crippen MR) is 171 cm³/mol. The first-order chi connectivity index (χ1) is 19.6. The van der Waals surface area contributed by atoms with Crippen molar-refractivity contribution in [3.8, 4) is 5.75 Å². The fraction of sp³-hybridized carbons (Fsp3) is 0.588. The molecule has 0 radical (unpaired) electrons. The van der Waals surface area contributed by atoms with Crippen molar-refractivity contribution in [2.75, 3.05) is 24.6 Å². The summed E-state index contributed by atoms with van der Waals surface area (Å²) in [6.07, 6.45) is 9.04. The van der Waals surface area contributed by atoms with Crippen LogP contribution in [0.2, 0.25) is 5.02 Å². The smallest absolute Gasteiger partial charge is 0.262 e. The van der Waals surface area contributed by atoms with Gasteiger partial charge in [-0.25, -0.2) is 4.21 Å². The normalized spacial score (nSPS) is 35.8. The third-order valence-electron chi connectivity index (χ3n) is 10.9. The lowest BCUT2D eigenvalue weighted by Crippen LogP contribution is -2.49. The lowest BCUT2D eigenvalue weighted by Gasteiger charge is -2.46. The van der Waals surface area contributed by atoms with Crippen LogP contribution in [0.15, 0.2) is 36.4 Å². The average molecular weight is 597 g/mol. The van der Waals surface area contributed by atoms with Gasteiger partial charge < -0.3 is 9.64 Å². The van der Waals surface area contributed by atoms with E-state index in [1.807, 2.05) is 25.1 Å².